The minimum Gasteiger partial charge on any atom is -0.496 e. The Labute approximate surface area is 287 Å². The molecule has 0 aliphatic heterocycles. The van der Waals surface area contributed by atoms with Crippen LogP contribution in [0.4, 0.5) is 13.6 Å². The molecular weight excluding hydrogens is 660 g/mol. The standard InChI is InChI=1S/C36H38ClF2N3O5S/c1-36(2,3)42(35(45)46)18-20-5-12-25(13-6-20)41(34(44)32-30(37)29-26(38)14-15-27(39)31(29)48-32)19-24-17-23(11-16-28(24)47-4)21-7-9-22(10-8-21)33(40)43/h7-11,14-17,20,25H,5-6,12-13,18-19H2,1-4H3,(H2,40,43)(H,45,46). The van der Waals surface area contributed by atoms with Gasteiger partial charge in [0.15, 0.2) is 0 Å². The molecule has 4 aromatic rings. The summed E-state index contributed by atoms with van der Waals surface area (Å²) in [6.45, 7) is 6.08. The molecule has 12 heteroatoms. The highest BCUT2D eigenvalue weighted by atomic mass is 35.5. The van der Waals surface area contributed by atoms with Crippen LogP contribution in [0.5, 0.6) is 5.75 Å². The van der Waals surface area contributed by atoms with Crippen molar-refractivity contribution in [3.8, 4) is 16.9 Å². The number of hydrogen-bond donors (Lipinski definition) is 2. The monoisotopic (exact) mass is 697 g/mol. The molecule has 3 aromatic carbocycles. The molecule has 1 saturated carbocycles. The van der Waals surface area contributed by atoms with Crippen LogP contribution in [-0.4, -0.2) is 58.0 Å². The molecule has 3 N–H and O–H groups in total. The number of carbonyl (C=O) groups is 3. The van der Waals surface area contributed by atoms with Crippen LogP contribution in [0.15, 0.2) is 54.6 Å². The summed E-state index contributed by atoms with van der Waals surface area (Å²) in [6.07, 6.45) is 1.57. The van der Waals surface area contributed by atoms with E-state index in [2.05, 4.69) is 0 Å². The lowest BCUT2D eigenvalue weighted by atomic mass is 9.84. The quantitative estimate of drug-likeness (QED) is 0.182. The minimum atomic E-state index is -0.975. The van der Waals surface area contributed by atoms with E-state index in [4.69, 9.17) is 22.1 Å². The summed E-state index contributed by atoms with van der Waals surface area (Å²) in [7, 11) is 1.54. The van der Waals surface area contributed by atoms with Crippen LogP contribution in [-0.2, 0) is 6.54 Å². The molecule has 0 atom stereocenters. The van der Waals surface area contributed by atoms with Crippen molar-refractivity contribution in [2.45, 2.75) is 64.6 Å². The van der Waals surface area contributed by atoms with E-state index in [1.165, 1.54) is 12.0 Å². The summed E-state index contributed by atoms with van der Waals surface area (Å²) in [5.74, 6) is -1.72. The SMILES string of the molecule is COc1ccc(-c2ccc(C(N)=O)cc2)cc1CN(C(=O)c1sc2c(F)ccc(F)c2c1Cl)C1CCC(CN(C(=O)O)C(C)(C)C)CC1. The zero-order valence-electron chi connectivity index (χ0n) is 27.2. The first-order chi connectivity index (χ1) is 22.7. The third kappa shape index (κ3) is 7.27. The fourth-order valence-electron chi connectivity index (χ4n) is 6.36. The average Bonchev–Trinajstić information content (AvgIpc) is 3.41. The first-order valence-electron chi connectivity index (χ1n) is 15.6. The normalized spacial score (nSPS) is 16.5. The lowest BCUT2D eigenvalue weighted by Crippen LogP contribution is -2.48. The molecule has 1 aromatic heterocycles. The van der Waals surface area contributed by atoms with E-state index in [9.17, 15) is 28.3 Å². The van der Waals surface area contributed by atoms with Crippen LogP contribution in [0.3, 0.4) is 0 Å². The van der Waals surface area contributed by atoms with Crippen molar-refractivity contribution in [2.24, 2.45) is 11.7 Å². The Morgan fingerprint density at radius 3 is 2.17 bits per heavy atom. The Bertz CT molecular complexity index is 1850. The molecule has 8 nitrogen and oxygen atoms in total. The predicted molar refractivity (Wildman–Crippen MR) is 184 cm³/mol. The topological polar surface area (TPSA) is 113 Å². The van der Waals surface area contributed by atoms with Crippen molar-refractivity contribution >= 4 is 50.9 Å². The van der Waals surface area contributed by atoms with Gasteiger partial charge in [-0.3, -0.25) is 9.59 Å². The number of halogens is 3. The number of rotatable bonds is 9. The Hall–Kier alpha value is -4.22. The van der Waals surface area contributed by atoms with Gasteiger partial charge in [0.1, 0.15) is 22.3 Å². The number of methoxy groups -OCH3 is 1. The third-order valence-electron chi connectivity index (χ3n) is 9.00. The first-order valence-corrected chi connectivity index (χ1v) is 16.8. The van der Waals surface area contributed by atoms with E-state index >= 15 is 0 Å². The third-order valence-corrected chi connectivity index (χ3v) is 10.7. The molecule has 1 heterocycles. The number of nitrogens with zero attached hydrogens (tertiary/aromatic N) is 2. The van der Waals surface area contributed by atoms with Crippen molar-refractivity contribution in [1.29, 1.82) is 0 Å². The number of nitrogens with two attached hydrogens (primary N) is 1. The van der Waals surface area contributed by atoms with Crippen LogP contribution >= 0.6 is 22.9 Å². The van der Waals surface area contributed by atoms with Crippen molar-refractivity contribution in [3.63, 3.8) is 0 Å². The van der Waals surface area contributed by atoms with Crippen LogP contribution in [0, 0.1) is 17.6 Å². The average molecular weight is 698 g/mol. The molecule has 0 radical (unpaired) electrons. The molecular formula is C36H38ClF2N3O5S. The second-order valence-corrected chi connectivity index (χ2v) is 14.5. The summed E-state index contributed by atoms with van der Waals surface area (Å²) in [4.78, 5) is 41.2. The maximum absolute atomic E-state index is 14.8. The van der Waals surface area contributed by atoms with Gasteiger partial charge in [-0.05, 0) is 99.9 Å². The summed E-state index contributed by atoms with van der Waals surface area (Å²) in [5.41, 5.74) is 7.56. The van der Waals surface area contributed by atoms with Gasteiger partial charge in [-0.1, -0.05) is 29.8 Å². The highest BCUT2D eigenvalue weighted by molar-refractivity contribution is 7.21. The summed E-state index contributed by atoms with van der Waals surface area (Å²) in [6, 6.07) is 14.2. The van der Waals surface area contributed by atoms with E-state index in [0.717, 1.165) is 34.6 Å². The second-order valence-electron chi connectivity index (χ2n) is 13.1. The zero-order valence-corrected chi connectivity index (χ0v) is 28.8. The molecule has 5 rings (SSSR count). The number of primary amides is 1. The van der Waals surface area contributed by atoms with Crippen LogP contribution in [0.1, 0.15) is 72.0 Å². The van der Waals surface area contributed by atoms with Crippen molar-refractivity contribution in [3.05, 3.63) is 87.3 Å². The van der Waals surface area contributed by atoms with E-state index in [1.807, 2.05) is 32.9 Å². The highest BCUT2D eigenvalue weighted by Crippen LogP contribution is 2.41. The molecule has 0 unspecified atom stereocenters. The van der Waals surface area contributed by atoms with Crippen LogP contribution in [0.2, 0.25) is 5.02 Å². The lowest BCUT2D eigenvalue weighted by Gasteiger charge is -2.40. The Kier molecular flexibility index (Phi) is 10.3. The summed E-state index contributed by atoms with van der Waals surface area (Å²) < 4.78 is 35.2. The second kappa shape index (κ2) is 14.1. The van der Waals surface area contributed by atoms with E-state index in [0.29, 0.717) is 49.1 Å². The molecule has 254 valence electrons. The van der Waals surface area contributed by atoms with Gasteiger partial charge in [0.2, 0.25) is 5.91 Å². The number of fused-ring (bicyclic) bond motifs is 1. The number of thiophene rings is 1. The zero-order chi connectivity index (χ0) is 34.9. The summed E-state index contributed by atoms with van der Waals surface area (Å²) >= 11 is 7.43. The van der Waals surface area contributed by atoms with Gasteiger partial charge < -0.3 is 25.4 Å². The van der Waals surface area contributed by atoms with E-state index in [1.54, 1.807) is 35.2 Å². The van der Waals surface area contributed by atoms with Gasteiger partial charge in [0, 0.05) is 35.8 Å². The number of hydrogen-bond acceptors (Lipinski definition) is 5. The first kappa shape index (κ1) is 35.1. The smallest absolute Gasteiger partial charge is 0.407 e. The van der Waals surface area contributed by atoms with Crippen LogP contribution < -0.4 is 10.5 Å². The molecule has 0 bridgehead atoms. The molecule has 0 spiro atoms. The number of benzene rings is 3. The molecule has 3 amide bonds. The maximum Gasteiger partial charge on any atom is 0.407 e. The van der Waals surface area contributed by atoms with Gasteiger partial charge in [0.25, 0.3) is 5.91 Å². The fourth-order valence-corrected chi connectivity index (χ4v) is 7.87. The Balaban J connectivity index is 1.50. The Morgan fingerprint density at radius 1 is 0.979 bits per heavy atom. The van der Waals surface area contributed by atoms with Crippen molar-refractivity contribution < 1.29 is 33.0 Å². The fraction of sp³-hybridized carbons (Fsp3) is 0.361. The molecule has 0 saturated heterocycles. The van der Waals surface area contributed by atoms with E-state index in [-0.39, 0.29) is 38.5 Å². The van der Waals surface area contributed by atoms with Crippen molar-refractivity contribution in [1.82, 2.24) is 9.80 Å². The maximum atomic E-state index is 14.8. The number of amides is 3. The van der Waals surface area contributed by atoms with Crippen molar-refractivity contribution in [2.75, 3.05) is 13.7 Å². The van der Waals surface area contributed by atoms with Gasteiger partial charge in [-0.2, -0.15) is 0 Å². The number of carbonyl (C=O) groups excluding carboxylic acids is 2. The lowest BCUT2D eigenvalue weighted by molar-refractivity contribution is 0.0535. The predicted octanol–water partition coefficient (Wildman–Crippen LogP) is 8.59. The number of carboxylic acid groups (broad SMARTS) is 1. The van der Waals surface area contributed by atoms with Gasteiger partial charge in [0.05, 0.1) is 22.2 Å². The minimum absolute atomic E-state index is 0.0260. The van der Waals surface area contributed by atoms with Gasteiger partial charge in [-0.15, -0.1) is 11.3 Å². The highest BCUT2D eigenvalue weighted by Gasteiger charge is 2.35. The van der Waals surface area contributed by atoms with Gasteiger partial charge >= 0.3 is 6.09 Å². The molecule has 1 fully saturated rings. The summed E-state index contributed by atoms with van der Waals surface area (Å²) in [5, 5.41) is 9.58. The largest absolute Gasteiger partial charge is 0.496 e. The van der Waals surface area contributed by atoms with Gasteiger partial charge in [-0.25, -0.2) is 13.6 Å². The van der Waals surface area contributed by atoms with Crippen LogP contribution in [0.25, 0.3) is 21.2 Å². The Morgan fingerprint density at radius 2 is 1.60 bits per heavy atom. The number of ether oxygens (including phenoxy) is 1. The van der Waals surface area contributed by atoms with E-state index < -0.39 is 35.1 Å². The molecule has 48 heavy (non-hydrogen) atoms. The molecule has 1 aliphatic rings. The molecule has 1 aliphatic carbocycles.